The lowest BCUT2D eigenvalue weighted by molar-refractivity contribution is -0.123. The quantitative estimate of drug-likeness (QED) is 0.727. The van der Waals surface area contributed by atoms with Crippen molar-refractivity contribution in [1.29, 1.82) is 0 Å². The fraction of sp³-hybridized carbons (Fsp3) is 0.571. The molecule has 1 rings (SSSR count). The Morgan fingerprint density at radius 2 is 2.18 bits per heavy atom. The number of likely N-dealkylation sites (N-methyl/N-ethyl adjacent to an activating group) is 1. The molecule has 1 unspecified atom stereocenters. The van der Waals surface area contributed by atoms with Crippen molar-refractivity contribution in [3.63, 3.8) is 0 Å². The van der Waals surface area contributed by atoms with Crippen LogP contribution in [0.25, 0.3) is 0 Å². The van der Waals surface area contributed by atoms with Gasteiger partial charge in [-0.1, -0.05) is 26.8 Å². The third kappa shape index (κ3) is 4.65. The monoisotopic (exact) mass is 234 g/mol. The van der Waals surface area contributed by atoms with Gasteiger partial charge < -0.3 is 0 Å². The van der Waals surface area contributed by atoms with Crippen LogP contribution in [0.3, 0.4) is 0 Å². The topological polar surface area (TPSA) is 33.2 Å². The molecule has 1 atom stereocenters. The molecule has 0 fully saturated rings. The van der Waals surface area contributed by atoms with E-state index in [1.165, 1.54) is 0 Å². The summed E-state index contributed by atoms with van der Waals surface area (Å²) >= 11 is 0. The summed E-state index contributed by atoms with van der Waals surface area (Å²) < 4.78 is 0. The number of hydrogen-bond acceptors (Lipinski definition) is 3. The van der Waals surface area contributed by atoms with Crippen molar-refractivity contribution >= 4 is 5.78 Å². The van der Waals surface area contributed by atoms with Gasteiger partial charge >= 0.3 is 0 Å². The lowest BCUT2D eigenvalue weighted by atomic mass is 10.0. The zero-order valence-electron chi connectivity index (χ0n) is 11.0. The van der Waals surface area contributed by atoms with Gasteiger partial charge in [-0.3, -0.25) is 14.7 Å². The van der Waals surface area contributed by atoms with Crippen molar-refractivity contribution in [1.82, 2.24) is 9.88 Å². The molecule has 0 spiro atoms. The maximum absolute atomic E-state index is 11.9. The Balaban J connectivity index is 2.52. The van der Waals surface area contributed by atoms with Crippen LogP contribution in [0.2, 0.25) is 0 Å². The van der Waals surface area contributed by atoms with Gasteiger partial charge in [-0.2, -0.15) is 0 Å². The fourth-order valence-electron chi connectivity index (χ4n) is 1.60. The van der Waals surface area contributed by atoms with Crippen LogP contribution in [-0.4, -0.2) is 28.8 Å². The number of aromatic nitrogens is 1. The van der Waals surface area contributed by atoms with Gasteiger partial charge in [-0.05, 0) is 25.1 Å². The third-order valence-electron chi connectivity index (χ3n) is 3.10. The first-order chi connectivity index (χ1) is 8.17. The normalized spacial score (nSPS) is 12.7. The zero-order valence-corrected chi connectivity index (χ0v) is 11.0. The van der Waals surface area contributed by atoms with Crippen LogP contribution in [0, 0.1) is 5.92 Å². The molecule has 0 aromatic carbocycles. The lowest BCUT2D eigenvalue weighted by Gasteiger charge is -2.20. The predicted octanol–water partition coefficient (Wildman–Crippen LogP) is 2.52. The highest BCUT2D eigenvalue weighted by molar-refractivity contribution is 5.82. The predicted molar refractivity (Wildman–Crippen MR) is 69.7 cm³/mol. The summed E-state index contributed by atoms with van der Waals surface area (Å²) in [7, 11) is 0. The number of ketones is 1. The molecule has 1 heterocycles. The summed E-state index contributed by atoms with van der Waals surface area (Å²) in [6, 6.07) is 5.88. The molecule has 0 saturated carbocycles. The van der Waals surface area contributed by atoms with Gasteiger partial charge in [0.25, 0.3) is 0 Å². The summed E-state index contributed by atoms with van der Waals surface area (Å²) in [6.07, 6.45) is 2.71. The Kier molecular flexibility index (Phi) is 5.84. The molecular weight excluding hydrogens is 212 g/mol. The van der Waals surface area contributed by atoms with Crippen molar-refractivity contribution in [2.45, 2.75) is 33.7 Å². The smallest absolute Gasteiger partial charge is 0.149 e. The molecule has 0 N–H and O–H groups in total. The average molecular weight is 234 g/mol. The summed E-state index contributed by atoms with van der Waals surface area (Å²) in [5.41, 5.74) is 1.02. The van der Waals surface area contributed by atoms with E-state index in [0.717, 1.165) is 25.2 Å². The van der Waals surface area contributed by atoms with Crippen LogP contribution in [-0.2, 0) is 11.3 Å². The number of Topliss-reactive ketones (excluding diaryl/α,β-unsaturated/α-hetero) is 1. The fourth-order valence-corrected chi connectivity index (χ4v) is 1.60. The van der Waals surface area contributed by atoms with E-state index < -0.39 is 0 Å². The van der Waals surface area contributed by atoms with E-state index in [0.29, 0.717) is 12.3 Å². The van der Waals surface area contributed by atoms with E-state index in [1.54, 1.807) is 6.20 Å². The molecular formula is C14H22N2O. The SMILES string of the molecule is CCC(C)C(=O)CN(CC)Cc1ccccn1. The van der Waals surface area contributed by atoms with Gasteiger partial charge in [-0.25, -0.2) is 0 Å². The molecule has 0 aliphatic carbocycles. The van der Waals surface area contributed by atoms with Crippen molar-refractivity contribution in [2.75, 3.05) is 13.1 Å². The summed E-state index contributed by atoms with van der Waals surface area (Å²) in [6.45, 7) is 8.28. The first-order valence-electron chi connectivity index (χ1n) is 6.32. The molecule has 0 radical (unpaired) electrons. The van der Waals surface area contributed by atoms with Crippen LogP contribution in [0.15, 0.2) is 24.4 Å². The maximum atomic E-state index is 11.9. The van der Waals surface area contributed by atoms with Gasteiger partial charge in [0.15, 0.2) is 0 Å². The van der Waals surface area contributed by atoms with Gasteiger partial charge in [0.05, 0.1) is 12.2 Å². The first-order valence-corrected chi connectivity index (χ1v) is 6.32. The largest absolute Gasteiger partial charge is 0.298 e. The standard InChI is InChI=1S/C14H22N2O/c1-4-12(3)14(17)11-16(5-2)10-13-8-6-7-9-15-13/h6-9,12H,4-5,10-11H2,1-3H3. The molecule has 1 aromatic rings. The van der Waals surface area contributed by atoms with Gasteiger partial charge in [-0.15, -0.1) is 0 Å². The second-order valence-corrected chi connectivity index (χ2v) is 4.40. The summed E-state index contributed by atoms with van der Waals surface area (Å²) in [5.74, 6) is 0.484. The Bertz CT molecular complexity index is 337. The number of pyridine rings is 1. The summed E-state index contributed by atoms with van der Waals surface area (Å²) in [4.78, 5) is 18.3. The van der Waals surface area contributed by atoms with E-state index in [2.05, 4.69) is 23.7 Å². The van der Waals surface area contributed by atoms with E-state index in [-0.39, 0.29) is 5.92 Å². The Labute approximate surface area is 104 Å². The summed E-state index contributed by atoms with van der Waals surface area (Å²) in [5, 5.41) is 0. The second kappa shape index (κ2) is 7.17. The molecule has 0 aliphatic heterocycles. The highest BCUT2D eigenvalue weighted by Crippen LogP contribution is 2.06. The molecule has 1 aromatic heterocycles. The Hall–Kier alpha value is -1.22. The van der Waals surface area contributed by atoms with E-state index in [4.69, 9.17) is 0 Å². The zero-order chi connectivity index (χ0) is 12.7. The average Bonchev–Trinajstić information content (AvgIpc) is 2.38. The Morgan fingerprint density at radius 3 is 2.71 bits per heavy atom. The highest BCUT2D eigenvalue weighted by atomic mass is 16.1. The number of hydrogen-bond donors (Lipinski definition) is 0. The highest BCUT2D eigenvalue weighted by Gasteiger charge is 2.14. The minimum absolute atomic E-state index is 0.160. The van der Waals surface area contributed by atoms with Gasteiger partial charge in [0.1, 0.15) is 5.78 Å². The minimum atomic E-state index is 0.160. The molecule has 3 heteroatoms. The maximum Gasteiger partial charge on any atom is 0.149 e. The molecule has 94 valence electrons. The number of nitrogens with zero attached hydrogens (tertiary/aromatic N) is 2. The lowest BCUT2D eigenvalue weighted by Crippen LogP contribution is -2.32. The third-order valence-corrected chi connectivity index (χ3v) is 3.10. The Morgan fingerprint density at radius 1 is 1.41 bits per heavy atom. The minimum Gasteiger partial charge on any atom is -0.298 e. The van der Waals surface area contributed by atoms with Crippen molar-refractivity contribution < 1.29 is 4.79 Å². The molecule has 17 heavy (non-hydrogen) atoms. The van der Waals surface area contributed by atoms with Crippen LogP contribution in [0.1, 0.15) is 32.9 Å². The number of rotatable bonds is 7. The number of carbonyl (C=O) groups excluding carboxylic acids is 1. The van der Waals surface area contributed by atoms with Gasteiger partial charge in [0.2, 0.25) is 0 Å². The first kappa shape index (κ1) is 13.8. The van der Waals surface area contributed by atoms with Crippen LogP contribution in [0.4, 0.5) is 0 Å². The number of carbonyl (C=O) groups is 1. The molecule has 3 nitrogen and oxygen atoms in total. The van der Waals surface area contributed by atoms with Crippen molar-refractivity contribution in [3.05, 3.63) is 30.1 Å². The molecule has 0 bridgehead atoms. The van der Waals surface area contributed by atoms with Gasteiger partial charge in [0, 0.05) is 18.7 Å². The van der Waals surface area contributed by atoms with Crippen molar-refractivity contribution in [2.24, 2.45) is 5.92 Å². The van der Waals surface area contributed by atoms with E-state index in [1.807, 2.05) is 25.1 Å². The van der Waals surface area contributed by atoms with E-state index >= 15 is 0 Å². The van der Waals surface area contributed by atoms with E-state index in [9.17, 15) is 4.79 Å². The second-order valence-electron chi connectivity index (χ2n) is 4.40. The van der Waals surface area contributed by atoms with Crippen molar-refractivity contribution in [3.8, 4) is 0 Å². The van der Waals surface area contributed by atoms with Crippen LogP contribution < -0.4 is 0 Å². The van der Waals surface area contributed by atoms with Crippen LogP contribution in [0.5, 0.6) is 0 Å². The molecule has 0 amide bonds. The molecule has 0 saturated heterocycles. The molecule has 0 aliphatic rings. The van der Waals surface area contributed by atoms with Crippen LogP contribution >= 0.6 is 0 Å².